The van der Waals surface area contributed by atoms with Gasteiger partial charge in [-0.25, -0.2) is 4.68 Å². The van der Waals surface area contributed by atoms with Crippen LogP contribution in [0.3, 0.4) is 0 Å². The minimum atomic E-state index is -2.13. The summed E-state index contributed by atoms with van der Waals surface area (Å²) >= 11 is 7.58. The van der Waals surface area contributed by atoms with Gasteiger partial charge in [0.25, 0.3) is 5.91 Å². The Hall–Kier alpha value is -2.87. The number of likely N-dealkylation sites (tertiary alicyclic amines) is 1. The Bertz CT molecular complexity index is 1350. The van der Waals surface area contributed by atoms with Gasteiger partial charge in [-0.3, -0.25) is 4.79 Å². The molecule has 2 N–H and O–H groups in total. The van der Waals surface area contributed by atoms with Crippen LogP contribution < -0.4 is 10.6 Å². The highest BCUT2D eigenvalue weighted by molar-refractivity contribution is 7.12. The highest BCUT2D eigenvalue weighted by atomic mass is 35.5. The number of thiophene rings is 1. The van der Waals surface area contributed by atoms with Crippen LogP contribution in [-0.4, -0.2) is 46.7 Å². The molecule has 6 nitrogen and oxygen atoms in total. The third-order valence-electron chi connectivity index (χ3n) is 5.30. The maximum absolute atomic E-state index is 12.7. The van der Waals surface area contributed by atoms with E-state index in [0.717, 1.165) is 28.0 Å². The van der Waals surface area contributed by atoms with Crippen molar-refractivity contribution in [2.45, 2.75) is 12.5 Å². The third-order valence-corrected chi connectivity index (χ3v) is 6.54. The lowest BCUT2D eigenvalue weighted by atomic mass is 10.2. The molecule has 0 unspecified atom stereocenters. The molecule has 0 saturated carbocycles. The summed E-state index contributed by atoms with van der Waals surface area (Å²) in [6.07, 6.45) is 2.41. The number of carbonyl (C=O) groups is 1. The molecule has 1 aliphatic heterocycles. The lowest BCUT2D eigenvalue weighted by molar-refractivity contribution is 0.0942. The number of fused-ring (bicyclic) bond motifs is 1. The molecule has 0 aliphatic carbocycles. The average molecular weight is 455 g/mol. The Morgan fingerprint density at radius 2 is 2.19 bits per heavy atom. The molecule has 158 valence electrons. The number of hydrogen-bond acceptors (Lipinski definition) is 5. The predicted molar refractivity (Wildman–Crippen MR) is 127 cm³/mol. The van der Waals surface area contributed by atoms with Gasteiger partial charge in [0, 0.05) is 33.2 Å². The number of halogens is 1. The molecule has 0 radical (unpaired) electrons. The molecule has 1 amide bonds. The summed E-state index contributed by atoms with van der Waals surface area (Å²) in [6.45, 7) is -1.35. The first kappa shape index (κ1) is 16.8. The van der Waals surface area contributed by atoms with Crippen LogP contribution in [0.2, 0.25) is 5.02 Å². The zero-order valence-corrected chi connectivity index (χ0v) is 18.1. The van der Waals surface area contributed by atoms with Crippen LogP contribution in [0.1, 0.15) is 20.2 Å². The minimum Gasteiger partial charge on any atom is -0.354 e. The lowest BCUT2D eigenvalue weighted by Crippen LogP contribution is -2.36. The molecule has 4 aromatic rings. The number of carbonyl (C=O) groups excluding carboxylic acids is 1. The molecule has 1 fully saturated rings. The maximum atomic E-state index is 12.7. The topological polar surface area (TPSA) is 62.2 Å². The molecule has 1 atom stereocenters. The molecule has 2 aromatic carbocycles. The first-order chi connectivity index (χ1) is 16.3. The largest absolute Gasteiger partial charge is 0.354 e. The van der Waals surface area contributed by atoms with Gasteiger partial charge in [0.15, 0.2) is 0 Å². The SMILES string of the molecule is [2H]C([2H])([2H])N1CC[C@H](NC(=O)c2cc(-n3ncc4cc(Nc5ccccc5Cl)ccc43)cs2)C1. The van der Waals surface area contributed by atoms with Crippen molar-refractivity contribution in [3.8, 4) is 5.69 Å². The number of likely N-dealkylation sites (N-methyl/N-ethyl adjacent to an activating group) is 1. The lowest BCUT2D eigenvalue weighted by Gasteiger charge is -2.11. The zero-order chi connectivity index (χ0) is 23.9. The van der Waals surface area contributed by atoms with Gasteiger partial charge in [-0.2, -0.15) is 5.10 Å². The Kier molecular flexibility index (Phi) is 4.51. The highest BCUT2D eigenvalue weighted by Crippen LogP contribution is 2.29. The van der Waals surface area contributed by atoms with Gasteiger partial charge in [-0.1, -0.05) is 23.7 Å². The zero-order valence-electron chi connectivity index (χ0n) is 19.5. The number of rotatable bonds is 5. The fraction of sp³-hybridized carbons (Fsp3) is 0.217. The van der Waals surface area contributed by atoms with E-state index in [-0.39, 0.29) is 11.9 Å². The second-order valence-electron chi connectivity index (χ2n) is 7.51. The fourth-order valence-electron chi connectivity index (χ4n) is 3.73. The van der Waals surface area contributed by atoms with Crippen LogP contribution in [0.4, 0.5) is 11.4 Å². The van der Waals surface area contributed by atoms with Gasteiger partial charge in [-0.05, 0) is 56.3 Å². The van der Waals surface area contributed by atoms with Crippen molar-refractivity contribution in [3.63, 3.8) is 0 Å². The molecule has 8 heteroatoms. The molecule has 2 aromatic heterocycles. The number of anilines is 2. The van der Waals surface area contributed by atoms with E-state index in [0.29, 0.717) is 29.4 Å². The molecule has 1 saturated heterocycles. The van der Waals surface area contributed by atoms with Crippen LogP contribution in [0.5, 0.6) is 0 Å². The molecule has 5 rings (SSSR count). The first-order valence-electron chi connectivity index (χ1n) is 11.4. The summed E-state index contributed by atoms with van der Waals surface area (Å²) in [6, 6.07) is 15.1. The Morgan fingerprint density at radius 3 is 3.03 bits per heavy atom. The molecular weight excluding hydrogens is 430 g/mol. The summed E-state index contributed by atoms with van der Waals surface area (Å²) in [5.41, 5.74) is 3.44. The smallest absolute Gasteiger partial charge is 0.261 e. The highest BCUT2D eigenvalue weighted by Gasteiger charge is 2.22. The molecule has 0 bridgehead atoms. The van der Waals surface area contributed by atoms with Gasteiger partial charge < -0.3 is 15.5 Å². The van der Waals surface area contributed by atoms with Crippen LogP contribution >= 0.6 is 22.9 Å². The van der Waals surface area contributed by atoms with Crippen LogP contribution in [0, 0.1) is 0 Å². The number of aromatic nitrogens is 2. The molecule has 3 heterocycles. The number of para-hydroxylation sites is 1. The second-order valence-corrected chi connectivity index (χ2v) is 8.83. The molecular formula is C23H22ClN5OS. The summed E-state index contributed by atoms with van der Waals surface area (Å²) in [4.78, 5) is 14.7. The minimum absolute atomic E-state index is 0.173. The van der Waals surface area contributed by atoms with E-state index in [1.165, 1.54) is 16.2 Å². The van der Waals surface area contributed by atoms with Crippen molar-refractivity contribution in [2.75, 3.05) is 25.4 Å². The second kappa shape index (κ2) is 8.34. The summed E-state index contributed by atoms with van der Waals surface area (Å²) in [5.74, 6) is -0.198. The van der Waals surface area contributed by atoms with Crippen LogP contribution in [-0.2, 0) is 0 Å². The monoisotopic (exact) mass is 454 g/mol. The van der Waals surface area contributed by atoms with Crippen molar-refractivity contribution in [1.29, 1.82) is 0 Å². The number of nitrogens with one attached hydrogen (secondary N) is 2. The Labute approximate surface area is 193 Å². The van der Waals surface area contributed by atoms with Gasteiger partial charge in [0.1, 0.15) is 0 Å². The maximum Gasteiger partial charge on any atom is 0.261 e. The van der Waals surface area contributed by atoms with Crippen molar-refractivity contribution in [1.82, 2.24) is 20.0 Å². The van der Waals surface area contributed by atoms with Gasteiger partial charge in [-0.15, -0.1) is 11.3 Å². The standard InChI is InChI=1S/C23H22ClN5OS/c1-28-9-8-17(13-28)27-23(30)22-11-18(14-31-22)29-21-7-6-16(10-15(21)12-25-29)26-20-5-3-2-4-19(20)24/h2-7,10-12,14,17,26H,8-9,13H2,1H3,(H,27,30)/t17-/m0/s1/i1D3. The van der Waals surface area contributed by atoms with Crippen molar-refractivity contribution in [2.24, 2.45) is 0 Å². The van der Waals surface area contributed by atoms with Crippen molar-refractivity contribution >= 4 is 51.1 Å². The van der Waals surface area contributed by atoms with E-state index in [4.69, 9.17) is 15.7 Å². The van der Waals surface area contributed by atoms with Crippen molar-refractivity contribution in [3.05, 3.63) is 70.0 Å². The Morgan fingerprint density at radius 1 is 1.29 bits per heavy atom. The van der Waals surface area contributed by atoms with Crippen molar-refractivity contribution < 1.29 is 8.91 Å². The molecule has 0 spiro atoms. The van der Waals surface area contributed by atoms with Crippen LogP contribution in [0.25, 0.3) is 16.6 Å². The van der Waals surface area contributed by atoms with E-state index in [2.05, 4.69) is 15.7 Å². The van der Waals surface area contributed by atoms with Crippen LogP contribution in [0.15, 0.2) is 60.1 Å². The number of amides is 1. The molecule has 31 heavy (non-hydrogen) atoms. The van der Waals surface area contributed by atoms with Gasteiger partial charge >= 0.3 is 0 Å². The molecule has 1 aliphatic rings. The van der Waals surface area contributed by atoms with E-state index in [9.17, 15) is 4.79 Å². The summed E-state index contributed by atoms with van der Waals surface area (Å²) in [5, 5.41) is 14.3. The quantitative estimate of drug-likeness (QED) is 0.449. The number of hydrogen-bond donors (Lipinski definition) is 2. The predicted octanol–water partition coefficient (Wildman–Crippen LogP) is 4.92. The van der Waals surface area contributed by atoms with E-state index >= 15 is 0 Å². The van der Waals surface area contributed by atoms with E-state index in [1.807, 2.05) is 47.8 Å². The number of nitrogens with zero attached hydrogens (tertiary/aromatic N) is 3. The number of benzene rings is 2. The first-order valence-corrected chi connectivity index (χ1v) is 11.2. The van der Waals surface area contributed by atoms with Gasteiger partial charge in [0.2, 0.25) is 0 Å². The van der Waals surface area contributed by atoms with E-state index < -0.39 is 6.98 Å². The normalized spacial score (nSPS) is 18.5. The summed E-state index contributed by atoms with van der Waals surface area (Å²) in [7, 11) is 0. The summed E-state index contributed by atoms with van der Waals surface area (Å²) < 4.78 is 24.4. The Balaban J connectivity index is 1.30. The third kappa shape index (κ3) is 4.17. The van der Waals surface area contributed by atoms with E-state index in [1.54, 1.807) is 16.9 Å². The van der Waals surface area contributed by atoms with Gasteiger partial charge in [0.05, 0.1) is 33.0 Å². The average Bonchev–Trinajstić information content (AvgIpc) is 3.54. The fourth-order valence-corrected chi connectivity index (χ4v) is 4.68.